The number of likely N-dealkylation sites (tertiary alicyclic amines) is 1. The topological polar surface area (TPSA) is 55.3 Å². The molecular weight excluding hydrogens is 330 g/mol. The molecule has 0 saturated carbocycles. The number of benzene rings is 1. The van der Waals surface area contributed by atoms with Crippen molar-refractivity contribution in [3.05, 3.63) is 17.7 Å². The predicted octanol–water partition coefficient (Wildman–Crippen LogP) is 3.30. The molecular formula is C20H33N3O3. The molecule has 1 heterocycles. The van der Waals surface area contributed by atoms with Crippen LogP contribution in [-0.2, 0) is 6.54 Å². The highest BCUT2D eigenvalue weighted by atomic mass is 16.5. The fourth-order valence-electron chi connectivity index (χ4n) is 3.12. The lowest BCUT2D eigenvalue weighted by molar-refractivity contribution is 0.273. The lowest BCUT2D eigenvalue weighted by Gasteiger charge is -2.33. The zero-order chi connectivity index (χ0) is 18.9. The van der Waals surface area contributed by atoms with E-state index in [2.05, 4.69) is 24.1 Å². The lowest BCUT2D eigenvalue weighted by atomic mass is 10.00. The molecule has 0 unspecified atom stereocenters. The maximum absolute atomic E-state index is 5.67. The van der Waals surface area contributed by atoms with E-state index in [1.165, 1.54) is 12.8 Å². The number of aliphatic imine (C=N–C) groups is 1. The first-order chi connectivity index (χ1) is 12.6. The fraction of sp³-hybridized carbons (Fsp3) is 0.650. The van der Waals surface area contributed by atoms with Crippen LogP contribution in [0.15, 0.2) is 17.1 Å². The van der Waals surface area contributed by atoms with E-state index in [-0.39, 0.29) is 0 Å². The van der Waals surface area contributed by atoms with Crippen LogP contribution in [0.25, 0.3) is 0 Å². The van der Waals surface area contributed by atoms with Crippen LogP contribution in [0.5, 0.6) is 17.2 Å². The van der Waals surface area contributed by atoms with Crippen molar-refractivity contribution < 1.29 is 14.2 Å². The maximum atomic E-state index is 5.67. The van der Waals surface area contributed by atoms with Crippen molar-refractivity contribution in [1.82, 2.24) is 10.2 Å². The second-order valence-electron chi connectivity index (χ2n) is 6.60. The summed E-state index contributed by atoms with van der Waals surface area (Å²) in [6, 6.07) is 3.94. The van der Waals surface area contributed by atoms with Crippen LogP contribution >= 0.6 is 0 Å². The Labute approximate surface area is 157 Å². The molecule has 1 aliphatic rings. The number of nitrogens with zero attached hydrogens (tertiary/aromatic N) is 2. The van der Waals surface area contributed by atoms with E-state index in [4.69, 9.17) is 19.2 Å². The van der Waals surface area contributed by atoms with Crippen LogP contribution in [-0.4, -0.2) is 51.3 Å². The average molecular weight is 364 g/mol. The third-order valence-corrected chi connectivity index (χ3v) is 4.64. The van der Waals surface area contributed by atoms with Gasteiger partial charge in [0.2, 0.25) is 5.75 Å². The zero-order valence-corrected chi connectivity index (χ0v) is 16.8. The van der Waals surface area contributed by atoms with Crippen LogP contribution in [0, 0.1) is 5.92 Å². The SMILES string of the molecule is CCNC(=NCc1cc(OC)c(OCC)c(OC)c1)N1CCC(C)CC1. The van der Waals surface area contributed by atoms with Gasteiger partial charge in [-0.25, -0.2) is 4.99 Å². The molecule has 0 amide bonds. The minimum atomic E-state index is 0.558. The van der Waals surface area contributed by atoms with Gasteiger partial charge in [-0.15, -0.1) is 0 Å². The quantitative estimate of drug-likeness (QED) is 0.595. The van der Waals surface area contributed by atoms with E-state index < -0.39 is 0 Å². The first-order valence-electron chi connectivity index (χ1n) is 9.53. The van der Waals surface area contributed by atoms with E-state index in [0.29, 0.717) is 30.4 Å². The number of piperidine rings is 1. The van der Waals surface area contributed by atoms with Crippen molar-refractivity contribution in [3.8, 4) is 17.2 Å². The number of rotatable bonds is 7. The second-order valence-corrected chi connectivity index (χ2v) is 6.60. The molecule has 0 bridgehead atoms. The summed E-state index contributed by atoms with van der Waals surface area (Å²) in [4.78, 5) is 7.19. The summed E-state index contributed by atoms with van der Waals surface area (Å²) in [6.45, 7) is 10.5. The van der Waals surface area contributed by atoms with Gasteiger partial charge in [0.1, 0.15) is 0 Å². The highest BCUT2D eigenvalue weighted by Gasteiger charge is 2.19. The van der Waals surface area contributed by atoms with Gasteiger partial charge in [0, 0.05) is 19.6 Å². The highest BCUT2D eigenvalue weighted by Crippen LogP contribution is 2.38. The minimum Gasteiger partial charge on any atom is -0.493 e. The third-order valence-electron chi connectivity index (χ3n) is 4.64. The first-order valence-corrected chi connectivity index (χ1v) is 9.53. The van der Waals surface area contributed by atoms with Crippen molar-refractivity contribution in [2.75, 3.05) is 40.5 Å². The summed E-state index contributed by atoms with van der Waals surface area (Å²) < 4.78 is 16.6. The van der Waals surface area contributed by atoms with E-state index in [1.54, 1.807) is 14.2 Å². The van der Waals surface area contributed by atoms with E-state index in [1.807, 2.05) is 19.1 Å². The second kappa shape index (κ2) is 10.1. The van der Waals surface area contributed by atoms with Crippen LogP contribution in [0.4, 0.5) is 0 Å². The molecule has 2 rings (SSSR count). The van der Waals surface area contributed by atoms with E-state index in [0.717, 1.165) is 37.1 Å². The van der Waals surface area contributed by atoms with Gasteiger partial charge in [-0.3, -0.25) is 0 Å². The Hall–Kier alpha value is -2.11. The number of hydrogen-bond donors (Lipinski definition) is 1. The molecule has 1 aliphatic heterocycles. The number of guanidine groups is 1. The smallest absolute Gasteiger partial charge is 0.203 e. The number of ether oxygens (including phenoxy) is 3. The molecule has 1 fully saturated rings. The summed E-state index contributed by atoms with van der Waals surface area (Å²) in [6.07, 6.45) is 2.43. The van der Waals surface area contributed by atoms with Gasteiger partial charge in [0.05, 0.1) is 27.4 Å². The number of nitrogens with one attached hydrogen (secondary N) is 1. The Bertz CT molecular complexity index is 571. The third kappa shape index (κ3) is 5.19. The summed E-state index contributed by atoms with van der Waals surface area (Å²) in [5, 5.41) is 3.42. The standard InChI is InChI=1S/C20H33N3O3/c1-6-21-20(23-10-8-15(3)9-11-23)22-14-16-12-17(24-4)19(26-7-2)18(13-16)25-5/h12-13,15H,6-11,14H2,1-5H3,(H,21,22). The van der Waals surface area contributed by atoms with Gasteiger partial charge < -0.3 is 24.4 Å². The molecule has 0 radical (unpaired) electrons. The summed E-state index contributed by atoms with van der Waals surface area (Å²) in [5.74, 6) is 3.77. The molecule has 0 aliphatic carbocycles. The van der Waals surface area contributed by atoms with Gasteiger partial charge in [0.25, 0.3) is 0 Å². The molecule has 146 valence electrons. The maximum Gasteiger partial charge on any atom is 0.203 e. The Morgan fingerprint density at radius 3 is 2.27 bits per heavy atom. The molecule has 0 atom stereocenters. The van der Waals surface area contributed by atoms with Crippen LogP contribution < -0.4 is 19.5 Å². The fourth-order valence-corrected chi connectivity index (χ4v) is 3.12. The molecule has 6 heteroatoms. The normalized spacial score (nSPS) is 15.7. The largest absolute Gasteiger partial charge is 0.493 e. The molecule has 0 spiro atoms. The van der Waals surface area contributed by atoms with Gasteiger partial charge in [-0.2, -0.15) is 0 Å². The van der Waals surface area contributed by atoms with Gasteiger partial charge in [-0.1, -0.05) is 6.92 Å². The molecule has 0 aromatic heterocycles. The zero-order valence-electron chi connectivity index (χ0n) is 16.8. The average Bonchev–Trinajstić information content (AvgIpc) is 2.66. The molecule has 1 N–H and O–H groups in total. The Morgan fingerprint density at radius 1 is 1.15 bits per heavy atom. The van der Waals surface area contributed by atoms with Crippen molar-refractivity contribution in [1.29, 1.82) is 0 Å². The Kier molecular flexibility index (Phi) is 7.88. The molecule has 1 aromatic carbocycles. The monoisotopic (exact) mass is 363 g/mol. The van der Waals surface area contributed by atoms with Gasteiger partial charge >= 0.3 is 0 Å². The molecule has 6 nitrogen and oxygen atoms in total. The van der Waals surface area contributed by atoms with Gasteiger partial charge in [-0.05, 0) is 50.3 Å². The Balaban J connectivity index is 2.20. The van der Waals surface area contributed by atoms with Crippen molar-refractivity contribution in [2.24, 2.45) is 10.9 Å². The Morgan fingerprint density at radius 2 is 1.77 bits per heavy atom. The summed E-state index contributed by atoms with van der Waals surface area (Å²) in [7, 11) is 3.28. The van der Waals surface area contributed by atoms with Crippen molar-refractivity contribution >= 4 is 5.96 Å². The van der Waals surface area contributed by atoms with Gasteiger partial charge in [0.15, 0.2) is 17.5 Å². The highest BCUT2D eigenvalue weighted by molar-refractivity contribution is 5.80. The van der Waals surface area contributed by atoms with E-state index >= 15 is 0 Å². The number of methoxy groups -OCH3 is 2. The van der Waals surface area contributed by atoms with E-state index in [9.17, 15) is 0 Å². The lowest BCUT2D eigenvalue weighted by Crippen LogP contribution is -2.45. The molecule has 1 aromatic rings. The van der Waals surface area contributed by atoms with Crippen LogP contribution in [0.1, 0.15) is 39.2 Å². The minimum absolute atomic E-state index is 0.558. The summed E-state index contributed by atoms with van der Waals surface area (Å²) in [5.41, 5.74) is 1.03. The predicted molar refractivity (Wildman–Crippen MR) is 106 cm³/mol. The van der Waals surface area contributed by atoms with Crippen LogP contribution in [0.3, 0.4) is 0 Å². The van der Waals surface area contributed by atoms with Crippen molar-refractivity contribution in [2.45, 2.75) is 40.2 Å². The number of hydrogen-bond acceptors (Lipinski definition) is 4. The first kappa shape index (κ1) is 20.2. The summed E-state index contributed by atoms with van der Waals surface area (Å²) >= 11 is 0. The van der Waals surface area contributed by atoms with Crippen LogP contribution in [0.2, 0.25) is 0 Å². The molecule has 26 heavy (non-hydrogen) atoms. The van der Waals surface area contributed by atoms with Crippen molar-refractivity contribution in [3.63, 3.8) is 0 Å². The molecule has 1 saturated heterocycles.